The minimum atomic E-state index is -0.370. The van der Waals surface area contributed by atoms with Crippen molar-refractivity contribution in [2.24, 2.45) is 5.73 Å². The Kier molecular flexibility index (Phi) is 5.65. The number of rotatable bonds is 5. The van der Waals surface area contributed by atoms with Crippen molar-refractivity contribution in [2.45, 2.75) is 12.5 Å². The first-order valence-electron chi connectivity index (χ1n) is 9.58. The maximum absolute atomic E-state index is 13.8. The van der Waals surface area contributed by atoms with Crippen molar-refractivity contribution in [3.8, 4) is 0 Å². The number of hydrogen-bond acceptors (Lipinski definition) is 4. The minimum absolute atomic E-state index is 0.276. The highest BCUT2D eigenvalue weighted by atomic mass is 35.5. The standard InChI is InChI=1S/C22H22ClFN4O/c23-16-3-1-15(2-4-16)13-21(22(25)29)28-11-9-27(10-12-28)20-7-8-26-19-6-5-17(24)14-18(19)20/h1-8,14,21H,9-13H2,(H2,25,29). The predicted molar refractivity (Wildman–Crippen MR) is 114 cm³/mol. The second-order valence-corrected chi connectivity index (χ2v) is 7.70. The van der Waals surface area contributed by atoms with E-state index in [4.69, 9.17) is 17.3 Å². The van der Waals surface area contributed by atoms with Crippen LogP contribution in [0.5, 0.6) is 0 Å². The third kappa shape index (κ3) is 4.33. The zero-order valence-corrected chi connectivity index (χ0v) is 16.6. The van der Waals surface area contributed by atoms with Gasteiger partial charge < -0.3 is 10.6 Å². The van der Waals surface area contributed by atoms with Crippen LogP contribution in [0, 0.1) is 5.82 Å². The van der Waals surface area contributed by atoms with Crippen LogP contribution in [0.3, 0.4) is 0 Å². The molecule has 1 saturated heterocycles. The molecule has 1 aliphatic heterocycles. The molecule has 0 spiro atoms. The van der Waals surface area contributed by atoms with Crippen LogP contribution in [-0.4, -0.2) is 48.0 Å². The van der Waals surface area contributed by atoms with Gasteiger partial charge in [-0.1, -0.05) is 23.7 Å². The van der Waals surface area contributed by atoms with Crippen LogP contribution >= 0.6 is 11.6 Å². The monoisotopic (exact) mass is 412 g/mol. The fraction of sp³-hybridized carbons (Fsp3) is 0.273. The van der Waals surface area contributed by atoms with Gasteiger partial charge in [0.05, 0.1) is 11.6 Å². The molecule has 0 radical (unpaired) electrons. The molecule has 2 N–H and O–H groups in total. The van der Waals surface area contributed by atoms with Crippen molar-refractivity contribution < 1.29 is 9.18 Å². The molecule has 150 valence electrons. The van der Waals surface area contributed by atoms with Crippen molar-refractivity contribution >= 4 is 34.1 Å². The smallest absolute Gasteiger partial charge is 0.235 e. The Morgan fingerprint density at radius 1 is 1.10 bits per heavy atom. The number of amides is 1. The molecular weight excluding hydrogens is 391 g/mol. The maximum atomic E-state index is 13.8. The van der Waals surface area contributed by atoms with Crippen molar-refractivity contribution in [3.63, 3.8) is 0 Å². The first kappa shape index (κ1) is 19.6. The van der Waals surface area contributed by atoms with Gasteiger partial charge in [-0.25, -0.2) is 4.39 Å². The first-order valence-corrected chi connectivity index (χ1v) is 9.96. The van der Waals surface area contributed by atoms with E-state index in [2.05, 4.69) is 14.8 Å². The number of benzene rings is 2. The van der Waals surface area contributed by atoms with E-state index in [1.807, 2.05) is 30.3 Å². The highest BCUT2D eigenvalue weighted by Crippen LogP contribution is 2.27. The molecule has 2 aromatic carbocycles. The normalized spacial score (nSPS) is 16.1. The van der Waals surface area contributed by atoms with E-state index in [-0.39, 0.29) is 17.8 Å². The van der Waals surface area contributed by atoms with Crippen LogP contribution in [-0.2, 0) is 11.2 Å². The lowest BCUT2D eigenvalue weighted by Crippen LogP contribution is -2.55. The summed E-state index contributed by atoms with van der Waals surface area (Å²) in [5.41, 5.74) is 8.46. The first-order chi connectivity index (χ1) is 14.0. The lowest BCUT2D eigenvalue weighted by Gasteiger charge is -2.39. The Hall–Kier alpha value is -2.70. The maximum Gasteiger partial charge on any atom is 0.235 e. The summed E-state index contributed by atoms with van der Waals surface area (Å²) in [6, 6.07) is 13.7. The number of primary amides is 1. The fourth-order valence-electron chi connectivity index (χ4n) is 3.91. The zero-order valence-electron chi connectivity index (χ0n) is 15.9. The van der Waals surface area contributed by atoms with Crippen molar-refractivity contribution in [1.82, 2.24) is 9.88 Å². The Balaban J connectivity index is 1.49. The summed E-state index contributed by atoms with van der Waals surface area (Å²) in [7, 11) is 0. The summed E-state index contributed by atoms with van der Waals surface area (Å²) in [5.74, 6) is -0.605. The molecule has 0 bridgehead atoms. The van der Waals surface area contributed by atoms with Gasteiger partial charge in [0.25, 0.3) is 0 Å². The van der Waals surface area contributed by atoms with Crippen LogP contribution in [0.1, 0.15) is 5.56 Å². The van der Waals surface area contributed by atoms with E-state index in [1.165, 1.54) is 12.1 Å². The van der Waals surface area contributed by atoms with E-state index in [0.717, 1.165) is 35.2 Å². The van der Waals surface area contributed by atoms with Crippen LogP contribution in [0.2, 0.25) is 5.02 Å². The molecule has 0 saturated carbocycles. The van der Waals surface area contributed by atoms with E-state index < -0.39 is 0 Å². The molecule has 1 aromatic heterocycles. The van der Waals surface area contributed by atoms with Crippen molar-refractivity contribution in [1.29, 1.82) is 0 Å². The quantitative estimate of drug-likeness (QED) is 0.698. The Morgan fingerprint density at radius 2 is 1.83 bits per heavy atom. The summed E-state index contributed by atoms with van der Waals surface area (Å²) in [4.78, 5) is 20.8. The fourth-order valence-corrected chi connectivity index (χ4v) is 4.03. The number of hydrogen-bond donors (Lipinski definition) is 1. The highest BCUT2D eigenvalue weighted by molar-refractivity contribution is 6.30. The number of piperazine rings is 1. The van der Waals surface area contributed by atoms with Gasteiger partial charge in [-0.05, 0) is 48.4 Å². The summed E-state index contributed by atoms with van der Waals surface area (Å²) < 4.78 is 13.8. The summed E-state index contributed by atoms with van der Waals surface area (Å²) in [6.07, 6.45) is 2.30. The summed E-state index contributed by atoms with van der Waals surface area (Å²) >= 11 is 5.95. The number of fused-ring (bicyclic) bond motifs is 1. The molecule has 1 unspecified atom stereocenters. The molecule has 2 heterocycles. The van der Waals surface area contributed by atoms with Gasteiger partial charge >= 0.3 is 0 Å². The molecule has 0 aliphatic carbocycles. The molecule has 5 nitrogen and oxygen atoms in total. The molecule has 4 rings (SSSR count). The van der Waals surface area contributed by atoms with Gasteiger partial charge in [-0.15, -0.1) is 0 Å². The number of anilines is 1. The van der Waals surface area contributed by atoms with E-state index >= 15 is 0 Å². The number of halogens is 2. The molecule has 1 amide bonds. The van der Waals surface area contributed by atoms with Crippen LogP contribution in [0.15, 0.2) is 54.7 Å². The predicted octanol–water partition coefficient (Wildman–Crippen LogP) is 3.25. The number of nitrogens with zero attached hydrogens (tertiary/aromatic N) is 3. The highest BCUT2D eigenvalue weighted by Gasteiger charge is 2.28. The van der Waals surface area contributed by atoms with E-state index in [9.17, 15) is 9.18 Å². The van der Waals surface area contributed by atoms with Crippen molar-refractivity contribution in [2.75, 3.05) is 31.1 Å². The molecule has 1 aliphatic rings. The van der Waals surface area contributed by atoms with Crippen molar-refractivity contribution in [3.05, 3.63) is 71.1 Å². The minimum Gasteiger partial charge on any atom is -0.368 e. The Bertz CT molecular complexity index is 1020. The molecule has 29 heavy (non-hydrogen) atoms. The SMILES string of the molecule is NC(=O)C(Cc1ccc(Cl)cc1)N1CCN(c2ccnc3ccc(F)cc23)CC1. The van der Waals surface area contributed by atoms with Gasteiger partial charge in [0.1, 0.15) is 5.82 Å². The lowest BCUT2D eigenvalue weighted by atomic mass is 10.0. The lowest BCUT2D eigenvalue weighted by molar-refractivity contribution is -0.123. The molecule has 7 heteroatoms. The number of pyridine rings is 1. The van der Waals surface area contributed by atoms with Crippen LogP contribution < -0.4 is 10.6 Å². The second-order valence-electron chi connectivity index (χ2n) is 7.26. The van der Waals surface area contributed by atoms with Gasteiger partial charge in [-0.3, -0.25) is 14.7 Å². The van der Waals surface area contributed by atoms with E-state index in [1.54, 1.807) is 12.3 Å². The van der Waals surface area contributed by atoms with Gasteiger partial charge in [0.2, 0.25) is 5.91 Å². The van der Waals surface area contributed by atoms with Gasteiger partial charge in [0.15, 0.2) is 0 Å². The van der Waals surface area contributed by atoms with Gasteiger partial charge in [0, 0.05) is 48.5 Å². The molecule has 3 aromatic rings. The molecule has 1 atom stereocenters. The number of carbonyl (C=O) groups excluding carboxylic acids is 1. The largest absolute Gasteiger partial charge is 0.368 e. The number of aromatic nitrogens is 1. The number of nitrogens with two attached hydrogens (primary N) is 1. The topological polar surface area (TPSA) is 62.5 Å². The second kappa shape index (κ2) is 8.35. The average molecular weight is 413 g/mol. The Morgan fingerprint density at radius 3 is 2.52 bits per heavy atom. The average Bonchev–Trinajstić information content (AvgIpc) is 2.73. The number of carbonyl (C=O) groups is 1. The van der Waals surface area contributed by atoms with Crippen LogP contribution in [0.4, 0.5) is 10.1 Å². The van der Waals surface area contributed by atoms with Gasteiger partial charge in [-0.2, -0.15) is 0 Å². The zero-order chi connectivity index (χ0) is 20.4. The Labute approximate surface area is 173 Å². The third-order valence-corrected chi connectivity index (χ3v) is 5.70. The van der Waals surface area contributed by atoms with E-state index in [0.29, 0.717) is 24.5 Å². The summed E-state index contributed by atoms with van der Waals surface area (Å²) in [6.45, 7) is 2.83. The molecular formula is C22H22ClFN4O. The molecule has 1 fully saturated rings. The third-order valence-electron chi connectivity index (χ3n) is 5.45. The van der Waals surface area contributed by atoms with Crippen LogP contribution in [0.25, 0.3) is 10.9 Å². The summed E-state index contributed by atoms with van der Waals surface area (Å²) in [5, 5.41) is 1.47.